The van der Waals surface area contributed by atoms with E-state index in [4.69, 9.17) is 0 Å². The summed E-state index contributed by atoms with van der Waals surface area (Å²) in [4.78, 5) is 0. The van der Waals surface area contributed by atoms with Gasteiger partial charge in [-0.05, 0) is 242 Å². The molecule has 0 heterocycles. The second-order valence-electron chi connectivity index (χ2n) is 29.0. The molecule has 0 aliphatic heterocycles. The first-order valence-corrected chi connectivity index (χ1v) is 37.6. The smallest absolute Gasteiger partial charge is 0.000718 e. The molecule has 0 amide bonds. The van der Waals surface area contributed by atoms with Crippen molar-refractivity contribution in [3.05, 3.63) is 400 Å². The van der Waals surface area contributed by atoms with Crippen LogP contribution in [0.5, 0.6) is 0 Å². The molecule has 0 bridgehead atoms. The lowest BCUT2D eigenvalue weighted by Gasteiger charge is -2.29. The molecule has 0 aliphatic carbocycles. The molecule has 0 atom stereocenters. The maximum atomic E-state index is 2.45. The van der Waals surface area contributed by atoms with E-state index in [0.29, 0.717) is 0 Å². The summed E-state index contributed by atoms with van der Waals surface area (Å²) in [5, 5.41) is 27.5. The van der Waals surface area contributed by atoms with Gasteiger partial charge in [-0.15, -0.1) is 0 Å². The van der Waals surface area contributed by atoms with Crippen LogP contribution < -0.4 is 0 Å². The molecule has 0 saturated carbocycles. The Morgan fingerprint density at radius 3 is 0.491 bits per heavy atom. The molecule has 0 N–H and O–H groups in total. The maximum absolute atomic E-state index is 2.45. The largest absolute Gasteiger partial charge is 0.0622 e. The third kappa shape index (κ3) is 9.44. The summed E-state index contributed by atoms with van der Waals surface area (Å²) >= 11 is 0. The Kier molecular flexibility index (Phi) is 14.1. The van der Waals surface area contributed by atoms with Crippen LogP contribution in [0.4, 0.5) is 0 Å². The molecular weight excluding hydrogens is 1300 g/mol. The minimum absolute atomic E-state index is 1.14. The van der Waals surface area contributed by atoms with E-state index in [0.717, 1.165) is 33.4 Å². The summed E-state index contributed by atoms with van der Waals surface area (Å²) in [5.74, 6) is 0. The van der Waals surface area contributed by atoms with Crippen LogP contribution in [0.1, 0.15) is 0 Å². The highest BCUT2D eigenvalue weighted by atomic mass is 14.3. The minimum Gasteiger partial charge on any atom is -0.0622 e. The van der Waals surface area contributed by atoms with Gasteiger partial charge in [0.15, 0.2) is 0 Å². The molecule has 0 nitrogen and oxygen atoms in total. The van der Waals surface area contributed by atoms with E-state index in [1.807, 2.05) is 0 Å². The summed E-state index contributed by atoms with van der Waals surface area (Å²) in [7, 11) is 0. The molecular formula is C108H66. The third-order valence-corrected chi connectivity index (χ3v) is 23.3. The number of hydrogen-bond donors (Lipinski definition) is 0. The van der Waals surface area contributed by atoms with E-state index in [-0.39, 0.29) is 0 Å². The van der Waals surface area contributed by atoms with Gasteiger partial charge in [-0.1, -0.05) is 388 Å². The van der Waals surface area contributed by atoms with E-state index in [2.05, 4.69) is 400 Å². The van der Waals surface area contributed by atoms with Crippen LogP contribution in [0.25, 0.3) is 230 Å². The zero-order valence-electron chi connectivity index (χ0n) is 59.1. The average Bonchev–Trinajstić information content (AvgIpc) is 0.672. The monoisotopic (exact) mass is 1360 g/mol. The molecule has 0 fully saturated rings. The van der Waals surface area contributed by atoms with Gasteiger partial charge in [-0.3, -0.25) is 0 Å². The Morgan fingerprint density at radius 2 is 0.250 bits per heavy atom. The number of benzene rings is 22. The zero-order chi connectivity index (χ0) is 70.9. The van der Waals surface area contributed by atoms with Crippen LogP contribution in [-0.4, -0.2) is 0 Å². The Hall–Kier alpha value is -14.0. The second-order valence-corrected chi connectivity index (χ2v) is 29.0. The molecule has 22 aromatic rings. The molecule has 108 heavy (non-hydrogen) atoms. The lowest BCUT2D eigenvalue weighted by atomic mass is 9.73. The van der Waals surface area contributed by atoms with E-state index in [9.17, 15) is 0 Å². The third-order valence-electron chi connectivity index (χ3n) is 23.3. The average molecular weight is 1360 g/mol. The highest BCUT2D eigenvalue weighted by Crippen LogP contribution is 2.60. The maximum Gasteiger partial charge on any atom is -0.000718 e. The molecule has 0 saturated heterocycles. The first-order valence-electron chi connectivity index (χ1n) is 37.6. The summed E-state index contributed by atoms with van der Waals surface area (Å²) in [5.41, 5.74) is 23.6. The van der Waals surface area contributed by atoms with Crippen molar-refractivity contribution in [3.63, 3.8) is 0 Å². The standard InChI is InChI=1S/C108H66/c1-7-29-69(30-8-1)95-96(70-31-9-2-10-32-70)100(72-35-13-4-14-36-72)106-90-50-28-52-92-104(90)103-89(105(106)99(95)71-33-11-3-12-34-71)49-27-51-91(103)107-101(73-37-15-5-16-38-73)97(75-57-53-67(54-58-75)77-61-63-87-83-45-21-19-41-79(83)81-43-23-25-47-85(81)93(87)65-77)98(102(108(92)107)74-39-17-6-18-40-74)76-59-55-68(56-60-76)78-62-64-88-84-46-22-20-42-80(84)82-44-24-26-48-86(82)94(88)66-78/h1-66H. The number of rotatable bonds is 10. The summed E-state index contributed by atoms with van der Waals surface area (Å²) in [6.07, 6.45) is 0. The minimum atomic E-state index is 1.14. The number of fused-ring (bicyclic) bond motifs is 18. The Balaban J connectivity index is 0.895. The van der Waals surface area contributed by atoms with Gasteiger partial charge >= 0.3 is 0 Å². The summed E-state index contributed by atoms with van der Waals surface area (Å²) in [6, 6.07) is 151. The molecule has 0 unspecified atom stereocenters. The van der Waals surface area contributed by atoms with Gasteiger partial charge in [0, 0.05) is 0 Å². The summed E-state index contributed by atoms with van der Waals surface area (Å²) < 4.78 is 0. The Morgan fingerprint density at radius 1 is 0.0833 bits per heavy atom. The topological polar surface area (TPSA) is 0 Å². The lowest BCUT2D eigenvalue weighted by Crippen LogP contribution is -2.02. The van der Waals surface area contributed by atoms with Crippen molar-refractivity contribution >= 4 is 118 Å². The van der Waals surface area contributed by atoms with Crippen LogP contribution in [0.15, 0.2) is 400 Å². The van der Waals surface area contributed by atoms with Crippen molar-refractivity contribution in [3.8, 4) is 111 Å². The lowest BCUT2D eigenvalue weighted by molar-refractivity contribution is 1.56. The summed E-state index contributed by atoms with van der Waals surface area (Å²) in [6.45, 7) is 0. The molecule has 498 valence electrons. The van der Waals surface area contributed by atoms with E-state index < -0.39 is 0 Å². The van der Waals surface area contributed by atoms with Gasteiger partial charge in [0.25, 0.3) is 0 Å². The molecule has 0 heteroatoms. The van der Waals surface area contributed by atoms with Crippen molar-refractivity contribution < 1.29 is 0 Å². The predicted molar refractivity (Wildman–Crippen MR) is 465 cm³/mol. The van der Waals surface area contributed by atoms with Crippen LogP contribution in [-0.2, 0) is 0 Å². The fourth-order valence-electron chi connectivity index (χ4n) is 18.8. The van der Waals surface area contributed by atoms with Crippen LogP contribution in [0, 0.1) is 0 Å². The fraction of sp³-hybridized carbons (Fsp3) is 0. The van der Waals surface area contributed by atoms with Crippen molar-refractivity contribution in [1.82, 2.24) is 0 Å². The Bertz CT molecular complexity index is 6860. The van der Waals surface area contributed by atoms with Gasteiger partial charge in [0.05, 0.1) is 0 Å². The van der Waals surface area contributed by atoms with E-state index in [1.54, 1.807) is 0 Å². The normalized spacial score (nSPS) is 11.9. The van der Waals surface area contributed by atoms with Gasteiger partial charge in [0.1, 0.15) is 0 Å². The van der Waals surface area contributed by atoms with Crippen LogP contribution >= 0.6 is 0 Å². The number of hydrogen-bond acceptors (Lipinski definition) is 0. The van der Waals surface area contributed by atoms with E-state index >= 15 is 0 Å². The molecule has 0 radical (unpaired) electrons. The van der Waals surface area contributed by atoms with Crippen LogP contribution in [0.3, 0.4) is 0 Å². The van der Waals surface area contributed by atoms with E-state index in [1.165, 1.54) is 196 Å². The first-order chi connectivity index (χ1) is 53.7. The highest BCUT2D eigenvalue weighted by Gasteiger charge is 2.33. The highest BCUT2D eigenvalue weighted by molar-refractivity contribution is 6.47. The molecule has 0 aliphatic rings. The SMILES string of the molecule is c1ccc(-c2c(-c3ccccc3)c(-c3ccccc3)c3c4cccc5c6c(-c7ccccc7)c(-c7ccc(-c8ccc9c%10ccccc%10c%10ccccc%10c9c8)cc7)c(-c7ccc(-c8ccc9c%10ccccc%10c%10ccccc%10c9c8)cc7)c(-c7ccccc7)c6c6cccc(c3c2-c2ccccc2)c6c45)cc1. The van der Waals surface area contributed by atoms with Crippen molar-refractivity contribution in [2.75, 3.05) is 0 Å². The molecule has 0 aromatic heterocycles. The predicted octanol–water partition coefficient (Wildman–Crippen LogP) is 30.5. The molecule has 0 spiro atoms. The van der Waals surface area contributed by atoms with Crippen LogP contribution in [0.2, 0.25) is 0 Å². The zero-order valence-corrected chi connectivity index (χ0v) is 59.1. The van der Waals surface area contributed by atoms with Crippen molar-refractivity contribution in [2.24, 2.45) is 0 Å². The first kappa shape index (κ1) is 61.4. The van der Waals surface area contributed by atoms with Gasteiger partial charge < -0.3 is 0 Å². The van der Waals surface area contributed by atoms with Crippen molar-refractivity contribution in [2.45, 2.75) is 0 Å². The molecule has 22 aromatic carbocycles. The van der Waals surface area contributed by atoms with Gasteiger partial charge in [-0.25, -0.2) is 0 Å². The van der Waals surface area contributed by atoms with Gasteiger partial charge in [0.2, 0.25) is 0 Å². The molecule has 22 rings (SSSR count). The van der Waals surface area contributed by atoms with Gasteiger partial charge in [-0.2, -0.15) is 0 Å². The van der Waals surface area contributed by atoms with Crippen molar-refractivity contribution in [1.29, 1.82) is 0 Å². The quantitative estimate of drug-likeness (QED) is 0.0946. The Labute approximate surface area is 625 Å². The fourth-order valence-corrected chi connectivity index (χ4v) is 18.8. The second kappa shape index (κ2) is 24.8.